The van der Waals surface area contributed by atoms with Gasteiger partial charge in [-0.3, -0.25) is 0 Å². The van der Waals surface area contributed by atoms with Crippen molar-refractivity contribution in [3.05, 3.63) is 35.9 Å². The van der Waals surface area contributed by atoms with Gasteiger partial charge in [0.2, 0.25) is 0 Å². The monoisotopic (exact) mass is 252 g/mol. The van der Waals surface area contributed by atoms with Crippen LogP contribution < -0.4 is 0 Å². The fourth-order valence-electron chi connectivity index (χ4n) is 2.15. The lowest BCUT2D eigenvalue weighted by molar-refractivity contribution is -0.0445. The molecule has 0 radical (unpaired) electrons. The van der Waals surface area contributed by atoms with Gasteiger partial charge in [-0.1, -0.05) is 44.2 Å². The van der Waals surface area contributed by atoms with Gasteiger partial charge in [0.05, 0.1) is 26.4 Å². The molecule has 0 fully saturated rings. The summed E-state index contributed by atoms with van der Waals surface area (Å²) < 4.78 is 5.65. The van der Waals surface area contributed by atoms with E-state index in [0.29, 0.717) is 19.1 Å². The molecule has 3 nitrogen and oxygen atoms in total. The minimum atomic E-state index is -0.525. The molecule has 0 spiro atoms. The van der Waals surface area contributed by atoms with E-state index in [9.17, 15) is 10.2 Å². The van der Waals surface area contributed by atoms with E-state index in [1.165, 1.54) is 0 Å². The van der Waals surface area contributed by atoms with Crippen molar-refractivity contribution in [3.63, 3.8) is 0 Å². The molecule has 0 amide bonds. The second kappa shape index (κ2) is 7.52. The van der Waals surface area contributed by atoms with Gasteiger partial charge in [-0.25, -0.2) is 0 Å². The quantitative estimate of drug-likeness (QED) is 0.746. The Kier molecular flexibility index (Phi) is 6.33. The highest BCUT2D eigenvalue weighted by atomic mass is 16.5. The van der Waals surface area contributed by atoms with Crippen LogP contribution in [-0.2, 0) is 11.3 Å². The Morgan fingerprint density at radius 2 is 1.72 bits per heavy atom. The molecule has 0 aliphatic carbocycles. The second-order valence-corrected chi connectivity index (χ2v) is 5.39. The van der Waals surface area contributed by atoms with Crippen LogP contribution in [0.3, 0.4) is 0 Å². The largest absolute Gasteiger partial charge is 0.396 e. The van der Waals surface area contributed by atoms with Gasteiger partial charge in [-0.2, -0.15) is 0 Å². The van der Waals surface area contributed by atoms with Crippen molar-refractivity contribution in [2.24, 2.45) is 11.3 Å². The molecule has 0 saturated carbocycles. The van der Waals surface area contributed by atoms with Crippen LogP contribution in [0.2, 0.25) is 0 Å². The highest BCUT2D eigenvalue weighted by molar-refractivity contribution is 5.13. The van der Waals surface area contributed by atoms with E-state index in [1.807, 2.05) is 30.3 Å². The summed E-state index contributed by atoms with van der Waals surface area (Å²) in [6.45, 7) is 4.97. The van der Waals surface area contributed by atoms with Crippen LogP contribution in [-0.4, -0.2) is 30.0 Å². The number of hydrogen-bond donors (Lipinski definition) is 2. The average molecular weight is 252 g/mol. The summed E-state index contributed by atoms with van der Waals surface area (Å²) in [6, 6.07) is 9.91. The average Bonchev–Trinajstić information content (AvgIpc) is 2.38. The van der Waals surface area contributed by atoms with E-state index in [1.54, 1.807) is 0 Å². The third kappa shape index (κ3) is 4.77. The van der Waals surface area contributed by atoms with Crippen molar-refractivity contribution in [1.82, 2.24) is 0 Å². The standard InChI is InChI=1S/C15H24O3/c1-13(2)8-15(10-16,11-17)12-18-9-14-6-4-3-5-7-14/h3-7,13,16-17H,8-12H2,1-2H3. The van der Waals surface area contributed by atoms with E-state index >= 15 is 0 Å². The number of aliphatic hydroxyl groups excluding tert-OH is 2. The maximum Gasteiger partial charge on any atom is 0.0717 e. The van der Waals surface area contributed by atoms with Crippen LogP contribution in [0.1, 0.15) is 25.8 Å². The molecule has 1 rings (SSSR count). The van der Waals surface area contributed by atoms with Crippen molar-refractivity contribution in [3.8, 4) is 0 Å². The molecule has 1 aromatic carbocycles. The molecule has 0 atom stereocenters. The lowest BCUT2D eigenvalue weighted by Gasteiger charge is -2.31. The second-order valence-electron chi connectivity index (χ2n) is 5.39. The minimum absolute atomic E-state index is 0.0452. The van der Waals surface area contributed by atoms with E-state index in [2.05, 4.69) is 13.8 Å². The molecule has 0 saturated heterocycles. The van der Waals surface area contributed by atoms with Crippen molar-refractivity contribution >= 4 is 0 Å². The van der Waals surface area contributed by atoms with Crippen LogP contribution in [0.5, 0.6) is 0 Å². The molecule has 1 aromatic rings. The molecule has 0 aromatic heterocycles. The Labute approximate surface area is 109 Å². The summed E-state index contributed by atoms with van der Waals surface area (Å²) in [4.78, 5) is 0. The third-order valence-corrected chi connectivity index (χ3v) is 3.03. The SMILES string of the molecule is CC(C)CC(CO)(CO)COCc1ccccc1. The van der Waals surface area contributed by atoms with Crippen LogP contribution in [0.15, 0.2) is 30.3 Å². The summed E-state index contributed by atoms with van der Waals surface area (Å²) in [6.07, 6.45) is 0.759. The minimum Gasteiger partial charge on any atom is -0.396 e. The molecule has 102 valence electrons. The molecule has 0 bridgehead atoms. The van der Waals surface area contributed by atoms with E-state index < -0.39 is 5.41 Å². The molecule has 0 unspecified atom stereocenters. The maximum atomic E-state index is 9.48. The summed E-state index contributed by atoms with van der Waals surface area (Å²) in [5, 5.41) is 19.0. The third-order valence-electron chi connectivity index (χ3n) is 3.03. The van der Waals surface area contributed by atoms with E-state index in [0.717, 1.165) is 12.0 Å². The molecule has 0 aliphatic heterocycles. The van der Waals surface area contributed by atoms with Crippen LogP contribution in [0.25, 0.3) is 0 Å². The highest BCUT2D eigenvalue weighted by Crippen LogP contribution is 2.26. The zero-order valence-corrected chi connectivity index (χ0v) is 11.3. The topological polar surface area (TPSA) is 49.7 Å². The fraction of sp³-hybridized carbons (Fsp3) is 0.600. The Hall–Kier alpha value is -0.900. The van der Waals surface area contributed by atoms with Crippen molar-refractivity contribution in [2.75, 3.05) is 19.8 Å². The predicted octanol–water partition coefficient (Wildman–Crippen LogP) is 2.22. The van der Waals surface area contributed by atoms with Gasteiger partial charge in [0, 0.05) is 5.41 Å². The predicted molar refractivity (Wildman–Crippen MR) is 72.2 cm³/mol. The van der Waals surface area contributed by atoms with Crippen molar-refractivity contribution in [1.29, 1.82) is 0 Å². The van der Waals surface area contributed by atoms with Crippen LogP contribution in [0, 0.1) is 11.3 Å². The smallest absolute Gasteiger partial charge is 0.0717 e. The first kappa shape index (κ1) is 15.2. The summed E-state index contributed by atoms with van der Waals surface area (Å²) in [5.74, 6) is 0.421. The van der Waals surface area contributed by atoms with Gasteiger partial charge in [0.25, 0.3) is 0 Å². The normalized spacial score (nSPS) is 12.1. The fourth-order valence-corrected chi connectivity index (χ4v) is 2.15. The highest BCUT2D eigenvalue weighted by Gasteiger charge is 2.30. The van der Waals surface area contributed by atoms with Crippen LogP contribution in [0.4, 0.5) is 0 Å². The first-order valence-electron chi connectivity index (χ1n) is 6.45. The zero-order valence-electron chi connectivity index (χ0n) is 11.3. The Balaban J connectivity index is 2.47. The molecule has 18 heavy (non-hydrogen) atoms. The van der Waals surface area contributed by atoms with Gasteiger partial charge in [0.1, 0.15) is 0 Å². The Morgan fingerprint density at radius 1 is 1.11 bits per heavy atom. The van der Waals surface area contributed by atoms with Gasteiger partial charge < -0.3 is 14.9 Å². The molecule has 0 heterocycles. The zero-order chi connectivity index (χ0) is 13.4. The summed E-state index contributed by atoms with van der Waals surface area (Å²) >= 11 is 0. The first-order chi connectivity index (χ1) is 8.62. The number of hydrogen-bond acceptors (Lipinski definition) is 3. The van der Waals surface area contributed by atoms with E-state index in [-0.39, 0.29) is 13.2 Å². The molecular formula is C15H24O3. The molecule has 3 heteroatoms. The number of benzene rings is 1. The van der Waals surface area contributed by atoms with Gasteiger partial charge >= 0.3 is 0 Å². The molecule has 0 aliphatic rings. The summed E-state index contributed by atoms with van der Waals surface area (Å²) in [7, 11) is 0. The lowest BCUT2D eigenvalue weighted by atomic mass is 9.82. The molecular weight excluding hydrogens is 228 g/mol. The van der Waals surface area contributed by atoms with Crippen molar-refractivity contribution < 1.29 is 14.9 Å². The Morgan fingerprint density at radius 3 is 2.22 bits per heavy atom. The lowest BCUT2D eigenvalue weighted by Crippen LogP contribution is -2.36. The van der Waals surface area contributed by atoms with Crippen LogP contribution >= 0.6 is 0 Å². The van der Waals surface area contributed by atoms with E-state index in [4.69, 9.17) is 4.74 Å². The van der Waals surface area contributed by atoms with Gasteiger partial charge in [0.15, 0.2) is 0 Å². The van der Waals surface area contributed by atoms with Gasteiger partial charge in [-0.05, 0) is 17.9 Å². The van der Waals surface area contributed by atoms with Crippen molar-refractivity contribution in [2.45, 2.75) is 26.9 Å². The number of ether oxygens (including phenoxy) is 1. The number of rotatable bonds is 8. The molecule has 2 N–H and O–H groups in total. The Bertz CT molecular complexity index is 318. The van der Waals surface area contributed by atoms with Gasteiger partial charge in [-0.15, -0.1) is 0 Å². The maximum absolute atomic E-state index is 9.48. The number of aliphatic hydroxyl groups is 2. The first-order valence-corrected chi connectivity index (χ1v) is 6.45. The summed E-state index contributed by atoms with van der Waals surface area (Å²) in [5.41, 5.74) is 0.579.